The molecule has 2 rings (SSSR count). The maximum absolute atomic E-state index is 12.3. The molecule has 2 N–H and O–H groups in total. The third kappa shape index (κ3) is 3.89. The Labute approximate surface area is 108 Å². The van der Waals surface area contributed by atoms with Gasteiger partial charge in [-0.3, -0.25) is 4.98 Å². The molecular weight excluding hydrogens is 261 g/mol. The SMILES string of the molecule is O[C@H]1CCOC[C@@H]1NCc1ccc(C(F)(F)F)cn1. The molecule has 1 aromatic heterocycles. The van der Waals surface area contributed by atoms with E-state index in [1.165, 1.54) is 6.07 Å². The fraction of sp³-hybridized carbons (Fsp3) is 0.583. The van der Waals surface area contributed by atoms with Gasteiger partial charge in [0.1, 0.15) is 0 Å². The molecule has 0 spiro atoms. The van der Waals surface area contributed by atoms with E-state index in [-0.39, 0.29) is 6.04 Å². The number of rotatable bonds is 3. The van der Waals surface area contributed by atoms with Crippen LogP contribution < -0.4 is 5.32 Å². The first kappa shape index (κ1) is 14.2. The number of halogens is 3. The zero-order valence-corrected chi connectivity index (χ0v) is 10.2. The van der Waals surface area contributed by atoms with Crippen LogP contribution >= 0.6 is 0 Å². The van der Waals surface area contributed by atoms with Crippen LogP contribution in [0.1, 0.15) is 17.7 Å². The molecule has 0 radical (unpaired) electrons. The number of aliphatic hydroxyl groups excluding tert-OH is 1. The van der Waals surface area contributed by atoms with Crippen LogP contribution in [0.15, 0.2) is 18.3 Å². The summed E-state index contributed by atoms with van der Waals surface area (Å²) in [7, 11) is 0. The van der Waals surface area contributed by atoms with Crippen molar-refractivity contribution in [3.63, 3.8) is 0 Å². The Kier molecular flexibility index (Phi) is 4.38. The summed E-state index contributed by atoms with van der Waals surface area (Å²) < 4.78 is 42.2. The molecule has 0 saturated carbocycles. The van der Waals surface area contributed by atoms with E-state index in [4.69, 9.17) is 4.74 Å². The van der Waals surface area contributed by atoms with E-state index in [1.807, 2.05) is 0 Å². The first-order valence-electron chi connectivity index (χ1n) is 5.98. The molecule has 0 amide bonds. The quantitative estimate of drug-likeness (QED) is 0.874. The van der Waals surface area contributed by atoms with E-state index < -0.39 is 17.8 Å². The van der Waals surface area contributed by atoms with Crippen molar-refractivity contribution in [2.24, 2.45) is 0 Å². The summed E-state index contributed by atoms with van der Waals surface area (Å²) in [5, 5.41) is 12.7. The van der Waals surface area contributed by atoms with E-state index >= 15 is 0 Å². The van der Waals surface area contributed by atoms with Gasteiger partial charge in [-0.25, -0.2) is 0 Å². The van der Waals surface area contributed by atoms with Gasteiger partial charge in [0.05, 0.1) is 30.0 Å². The minimum absolute atomic E-state index is 0.210. The van der Waals surface area contributed by atoms with Crippen molar-refractivity contribution in [3.8, 4) is 0 Å². The first-order valence-corrected chi connectivity index (χ1v) is 5.98. The predicted molar refractivity (Wildman–Crippen MR) is 61.3 cm³/mol. The highest BCUT2D eigenvalue weighted by Gasteiger charge is 2.30. The Morgan fingerprint density at radius 3 is 2.79 bits per heavy atom. The van der Waals surface area contributed by atoms with Gasteiger partial charge in [-0.15, -0.1) is 0 Å². The van der Waals surface area contributed by atoms with E-state index in [9.17, 15) is 18.3 Å². The second-order valence-electron chi connectivity index (χ2n) is 4.45. The highest BCUT2D eigenvalue weighted by molar-refractivity contribution is 5.16. The molecule has 106 valence electrons. The van der Waals surface area contributed by atoms with Crippen LogP contribution in [0.5, 0.6) is 0 Å². The van der Waals surface area contributed by atoms with Gasteiger partial charge in [0.15, 0.2) is 0 Å². The third-order valence-electron chi connectivity index (χ3n) is 3.02. The van der Waals surface area contributed by atoms with Gasteiger partial charge >= 0.3 is 6.18 Å². The lowest BCUT2D eigenvalue weighted by Crippen LogP contribution is -2.46. The van der Waals surface area contributed by atoms with E-state index in [0.717, 1.165) is 12.3 Å². The average Bonchev–Trinajstić information content (AvgIpc) is 2.37. The van der Waals surface area contributed by atoms with Crippen molar-refractivity contribution in [2.75, 3.05) is 13.2 Å². The van der Waals surface area contributed by atoms with Crippen molar-refractivity contribution in [1.29, 1.82) is 0 Å². The van der Waals surface area contributed by atoms with Gasteiger partial charge in [0.2, 0.25) is 0 Å². The maximum atomic E-state index is 12.3. The summed E-state index contributed by atoms with van der Waals surface area (Å²) >= 11 is 0. The molecule has 1 fully saturated rings. The van der Waals surface area contributed by atoms with Crippen molar-refractivity contribution in [3.05, 3.63) is 29.6 Å². The molecule has 1 saturated heterocycles. The molecule has 4 nitrogen and oxygen atoms in total. The first-order chi connectivity index (χ1) is 8.97. The molecule has 1 aromatic rings. The Bertz CT molecular complexity index is 408. The minimum atomic E-state index is -4.37. The van der Waals surface area contributed by atoms with Crippen molar-refractivity contribution >= 4 is 0 Å². The van der Waals surface area contributed by atoms with Crippen LogP contribution in [-0.4, -0.2) is 35.5 Å². The number of hydrogen-bond donors (Lipinski definition) is 2. The van der Waals surface area contributed by atoms with Crippen LogP contribution in [-0.2, 0) is 17.5 Å². The number of hydrogen-bond acceptors (Lipinski definition) is 4. The average molecular weight is 276 g/mol. The summed E-state index contributed by atoms with van der Waals surface area (Å²) in [5.74, 6) is 0. The molecule has 0 aliphatic carbocycles. The number of ether oxygens (including phenoxy) is 1. The lowest BCUT2D eigenvalue weighted by Gasteiger charge is -2.28. The second kappa shape index (κ2) is 5.85. The smallest absolute Gasteiger partial charge is 0.391 e. The lowest BCUT2D eigenvalue weighted by atomic mass is 10.1. The van der Waals surface area contributed by atoms with Crippen LogP contribution in [0.2, 0.25) is 0 Å². The molecule has 1 aliphatic heterocycles. The largest absolute Gasteiger partial charge is 0.417 e. The molecule has 0 aromatic carbocycles. The summed E-state index contributed by atoms with van der Waals surface area (Å²) in [6.07, 6.45) is -3.50. The van der Waals surface area contributed by atoms with Crippen molar-refractivity contribution in [1.82, 2.24) is 10.3 Å². The molecule has 1 aliphatic rings. The number of aromatic nitrogens is 1. The monoisotopic (exact) mass is 276 g/mol. The van der Waals surface area contributed by atoms with Crippen LogP contribution in [0, 0.1) is 0 Å². The highest BCUT2D eigenvalue weighted by atomic mass is 19.4. The standard InChI is InChI=1S/C12H15F3N2O2/c13-12(14,15)8-1-2-9(16-5-8)6-17-10-7-19-4-3-11(10)18/h1-2,5,10-11,17-18H,3-4,6-7H2/t10-,11-/m0/s1. The Hall–Kier alpha value is -1.18. The van der Waals surface area contributed by atoms with E-state index in [1.54, 1.807) is 0 Å². The number of aliphatic hydroxyl groups is 1. The number of nitrogens with zero attached hydrogens (tertiary/aromatic N) is 1. The number of nitrogens with one attached hydrogen (secondary N) is 1. The predicted octanol–water partition coefficient (Wildman–Crippen LogP) is 1.34. The van der Waals surface area contributed by atoms with Crippen LogP contribution in [0.3, 0.4) is 0 Å². The maximum Gasteiger partial charge on any atom is 0.417 e. The van der Waals surface area contributed by atoms with Gasteiger partial charge in [-0.1, -0.05) is 0 Å². The van der Waals surface area contributed by atoms with Gasteiger partial charge in [-0.05, 0) is 18.6 Å². The Balaban J connectivity index is 1.89. The van der Waals surface area contributed by atoms with Crippen molar-refractivity contribution < 1.29 is 23.0 Å². The molecular formula is C12H15F3N2O2. The van der Waals surface area contributed by atoms with Crippen molar-refractivity contribution in [2.45, 2.75) is 31.3 Å². The topological polar surface area (TPSA) is 54.4 Å². The molecule has 7 heteroatoms. The van der Waals surface area contributed by atoms with Gasteiger partial charge in [0, 0.05) is 19.3 Å². The van der Waals surface area contributed by atoms with Crippen LogP contribution in [0.25, 0.3) is 0 Å². The van der Waals surface area contributed by atoms with Gasteiger partial charge in [0.25, 0.3) is 0 Å². The molecule has 19 heavy (non-hydrogen) atoms. The number of pyridine rings is 1. The zero-order valence-electron chi connectivity index (χ0n) is 10.2. The summed E-state index contributed by atoms with van der Waals surface area (Å²) in [4.78, 5) is 3.75. The van der Waals surface area contributed by atoms with Gasteiger partial charge in [-0.2, -0.15) is 13.2 Å². The van der Waals surface area contributed by atoms with E-state index in [2.05, 4.69) is 10.3 Å². The summed E-state index contributed by atoms with van der Waals surface area (Å²) in [6.45, 7) is 1.21. The summed E-state index contributed by atoms with van der Waals surface area (Å²) in [5.41, 5.74) is -0.275. The molecule has 2 heterocycles. The molecule has 0 bridgehead atoms. The lowest BCUT2D eigenvalue weighted by molar-refractivity contribution is -0.137. The van der Waals surface area contributed by atoms with Crippen LogP contribution in [0.4, 0.5) is 13.2 Å². The van der Waals surface area contributed by atoms with Gasteiger partial charge < -0.3 is 15.2 Å². The highest BCUT2D eigenvalue weighted by Crippen LogP contribution is 2.28. The fourth-order valence-electron chi connectivity index (χ4n) is 1.85. The molecule has 0 unspecified atom stereocenters. The zero-order chi connectivity index (χ0) is 13.9. The second-order valence-corrected chi connectivity index (χ2v) is 4.45. The minimum Gasteiger partial charge on any atom is -0.391 e. The molecule has 2 atom stereocenters. The summed E-state index contributed by atoms with van der Waals surface area (Å²) in [6, 6.07) is 2.11. The van der Waals surface area contributed by atoms with E-state index in [0.29, 0.717) is 31.9 Å². The normalized spacial score (nSPS) is 24.4. The Morgan fingerprint density at radius 2 is 2.21 bits per heavy atom. The number of alkyl halides is 3. The third-order valence-corrected chi connectivity index (χ3v) is 3.02. The Morgan fingerprint density at radius 1 is 1.42 bits per heavy atom. The fourth-order valence-corrected chi connectivity index (χ4v) is 1.85.